The van der Waals surface area contributed by atoms with Gasteiger partial charge < -0.3 is 19.8 Å². The lowest BCUT2D eigenvalue weighted by atomic mass is 10.2. The molecule has 2 fully saturated rings. The summed E-state index contributed by atoms with van der Waals surface area (Å²) in [6, 6.07) is 4.43. The van der Waals surface area contributed by atoms with Crippen LogP contribution in [0.5, 0.6) is 5.75 Å². The first kappa shape index (κ1) is 26.1. The average molecular weight is 557 g/mol. The molecule has 14 nitrogen and oxygen atoms in total. The molecule has 1 aliphatic heterocycles. The molecule has 210 valence electrons. The third-order valence-corrected chi connectivity index (χ3v) is 7.24. The number of fused-ring (bicyclic) bond motifs is 1. The molecule has 14 heteroatoms. The molecule has 4 amide bonds. The molecule has 5 heterocycles. The van der Waals surface area contributed by atoms with E-state index >= 15 is 0 Å². The van der Waals surface area contributed by atoms with Gasteiger partial charge in [0.05, 0.1) is 30.7 Å². The summed E-state index contributed by atoms with van der Waals surface area (Å²) in [7, 11) is 2.98. The Balaban J connectivity index is 1.17. The van der Waals surface area contributed by atoms with Crippen LogP contribution in [-0.2, 0) is 9.59 Å². The van der Waals surface area contributed by atoms with Gasteiger partial charge in [0, 0.05) is 49.1 Å². The fourth-order valence-corrected chi connectivity index (χ4v) is 4.81. The van der Waals surface area contributed by atoms with Gasteiger partial charge >= 0.3 is 6.03 Å². The lowest BCUT2D eigenvalue weighted by molar-refractivity contribution is -0.124. The van der Waals surface area contributed by atoms with E-state index in [0.717, 1.165) is 10.6 Å². The van der Waals surface area contributed by atoms with Gasteiger partial charge in [-0.3, -0.25) is 19.4 Å². The summed E-state index contributed by atoms with van der Waals surface area (Å²) in [5.41, 5.74) is 2.49. The Labute approximate surface area is 234 Å². The first-order chi connectivity index (χ1) is 19.7. The molecule has 1 aliphatic carbocycles. The predicted octanol–water partition coefficient (Wildman–Crippen LogP) is 2.55. The van der Waals surface area contributed by atoms with Crippen molar-refractivity contribution in [2.45, 2.75) is 32.2 Å². The lowest BCUT2D eigenvalue weighted by Crippen LogP contribution is -2.30. The van der Waals surface area contributed by atoms with Crippen molar-refractivity contribution in [1.82, 2.24) is 34.2 Å². The molecule has 2 N–H and O–H groups in total. The number of anilines is 3. The SMILES string of the molecule is COc1cc(N2CC(=O)N(C)C2=O)c2nc([C@@H](C)Nc3cc(NC(=O)[C@H]4C[C@@H]4c4nccc(C)n4)ncn3)cn2c1. The molecule has 1 saturated heterocycles. The minimum atomic E-state index is -0.430. The Morgan fingerprint density at radius 3 is 2.66 bits per heavy atom. The fourth-order valence-electron chi connectivity index (χ4n) is 4.81. The van der Waals surface area contributed by atoms with Gasteiger partial charge in [0.2, 0.25) is 11.8 Å². The van der Waals surface area contributed by atoms with Crippen LogP contribution < -0.4 is 20.3 Å². The van der Waals surface area contributed by atoms with Crippen molar-refractivity contribution in [3.8, 4) is 5.75 Å². The predicted molar refractivity (Wildman–Crippen MR) is 148 cm³/mol. The number of imide groups is 1. The molecule has 0 radical (unpaired) electrons. The number of rotatable bonds is 8. The number of likely N-dealkylation sites (N-methyl/N-ethyl adjacent to an activating group) is 1. The quantitative estimate of drug-likeness (QED) is 0.309. The first-order valence-corrected chi connectivity index (χ1v) is 13.1. The molecule has 2 aliphatic rings. The fraction of sp³-hybridized carbons (Fsp3) is 0.333. The van der Waals surface area contributed by atoms with E-state index in [1.54, 1.807) is 28.9 Å². The number of aryl methyl sites for hydroxylation is 1. The number of imidazole rings is 1. The van der Waals surface area contributed by atoms with Crippen molar-refractivity contribution < 1.29 is 19.1 Å². The Bertz CT molecular complexity index is 1690. The summed E-state index contributed by atoms with van der Waals surface area (Å²) < 4.78 is 7.18. The molecule has 3 atom stereocenters. The highest BCUT2D eigenvalue weighted by Crippen LogP contribution is 2.46. The van der Waals surface area contributed by atoms with Gasteiger partial charge in [-0.25, -0.2) is 29.7 Å². The van der Waals surface area contributed by atoms with Gasteiger partial charge in [0.1, 0.15) is 36.1 Å². The van der Waals surface area contributed by atoms with Crippen LogP contribution in [-0.4, -0.2) is 72.8 Å². The van der Waals surface area contributed by atoms with Crippen LogP contribution in [0.15, 0.2) is 43.1 Å². The standard InChI is InChI=1S/C27H28N10O4/c1-14-5-6-28-24(31-14)17-8-18(17)26(39)34-22-9-21(29-13-30-22)32-15(2)19-11-36-10-16(41-4)7-20(25(36)33-19)37-12-23(38)35(3)27(37)40/h5-7,9-11,13,15,17-18H,8,12H2,1-4H3,(H2,29,30,32,34,39)/t15-,17+,18+/m1/s1. The Hall–Kier alpha value is -5.14. The second kappa shape index (κ2) is 10.1. The summed E-state index contributed by atoms with van der Waals surface area (Å²) in [4.78, 5) is 62.1. The summed E-state index contributed by atoms with van der Waals surface area (Å²) >= 11 is 0. The number of hydrogen-bond acceptors (Lipinski definition) is 10. The van der Waals surface area contributed by atoms with E-state index in [9.17, 15) is 14.4 Å². The zero-order chi connectivity index (χ0) is 28.8. The van der Waals surface area contributed by atoms with Gasteiger partial charge in [-0.1, -0.05) is 0 Å². The number of hydrogen-bond donors (Lipinski definition) is 2. The van der Waals surface area contributed by atoms with Crippen molar-refractivity contribution in [3.05, 3.63) is 60.3 Å². The zero-order valence-electron chi connectivity index (χ0n) is 22.9. The van der Waals surface area contributed by atoms with Crippen LogP contribution in [0, 0.1) is 12.8 Å². The van der Waals surface area contributed by atoms with E-state index < -0.39 is 6.03 Å². The van der Waals surface area contributed by atoms with Crippen molar-refractivity contribution in [1.29, 1.82) is 0 Å². The number of carbonyl (C=O) groups is 3. The number of amides is 4. The Morgan fingerprint density at radius 2 is 1.93 bits per heavy atom. The topological polar surface area (TPSA) is 160 Å². The summed E-state index contributed by atoms with van der Waals surface area (Å²) in [5.74, 6) is 1.42. The minimum absolute atomic E-state index is 0.00212. The molecular weight excluding hydrogens is 528 g/mol. The lowest BCUT2D eigenvalue weighted by Gasteiger charge is -2.16. The van der Waals surface area contributed by atoms with E-state index in [2.05, 4.69) is 30.6 Å². The largest absolute Gasteiger partial charge is 0.495 e. The second-order valence-corrected chi connectivity index (χ2v) is 10.1. The molecule has 0 unspecified atom stereocenters. The van der Waals surface area contributed by atoms with Gasteiger partial charge in [-0.15, -0.1) is 0 Å². The second-order valence-electron chi connectivity index (χ2n) is 10.1. The molecule has 0 bridgehead atoms. The molecule has 41 heavy (non-hydrogen) atoms. The average Bonchev–Trinajstić information content (AvgIpc) is 3.58. The maximum Gasteiger partial charge on any atom is 0.331 e. The molecule has 6 rings (SSSR count). The zero-order valence-corrected chi connectivity index (χ0v) is 22.9. The van der Waals surface area contributed by atoms with Crippen LogP contribution in [0.2, 0.25) is 0 Å². The number of aromatic nitrogens is 6. The number of pyridine rings is 1. The highest BCUT2D eigenvalue weighted by atomic mass is 16.5. The number of ether oxygens (including phenoxy) is 1. The monoisotopic (exact) mass is 556 g/mol. The maximum atomic E-state index is 12.8. The van der Waals surface area contributed by atoms with Gasteiger partial charge in [0.25, 0.3) is 0 Å². The van der Waals surface area contributed by atoms with Crippen molar-refractivity contribution in [2.75, 3.05) is 36.2 Å². The van der Waals surface area contributed by atoms with E-state index in [0.29, 0.717) is 46.7 Å². The number of urea groups is 1. The van der Waals surface area contributed by atoms with Crippen LogP contribution in [0.4, 0.5) is 22.1 Å². The van der Waals surface area contributed by atoms with Gasteiger partial charge in [0.15, 0.2) is 5.65 Å². The Kier molecular flexibility index (Phi) is 6.44. The number of methoxy groups -OCH3 is 1. The van der Waals surface area contributed by atoms with Crippen LogP contribution in [0.1, 0.15) is 42.5 Å². The molecule has 0 spiro atoms. The first-order valence-electron chi connectivity index (χ1n) is 13.1. The van der Waals surface area contributed by atoms with E-state index in [1.807, 2.05) is 26.1 Å². The highest BCUT2D eigenvalue weighted by molar-refractivity contribution is 6.13. The number of nitrogens with zero attached hydrogens (tertiary/aromatic N) is 8. The summed E-state index contributed by atoms with van der Waals surface area (Å²) in [6.45, 7) is 3.73. The molecule has 4 aromatic heterocycles. The van der Waals surface area contributed by atoms with Crippen LogP contribution in [0.25, 0.3) is 5.65 Å². The molecular formula is C27H28N10O4. The van der Waals surface area contributed by atoms with Crippen LogP contribution >= 0.6 is 0 Å². The van der Waals surface area contributed by atoms with E-state index in [4.69, 9.17) is 9.72 Å². The van der Waals surface area contributed by atoms with Crippen molar-refractivity contribution >= 4 is 40.8 Å². The molecule has 0 aromatic carbocycles. The van der Waals surface area contributed by atoms with Crippen molar-refractivity contribution in [2.24, 2.45) is 5.92 Å². The minimum Gasteiger partial charge on any atom is -0.495 e. The summed E-state index contributed by atoms with van der Waals surface area (Å²) in [6.07, 6.45) is 7.34. The third kappa shape index (κ3) is 4.99. The van der Waals surface area contributed by atoms with E-state index in [-0.39, 0.29) is 36.2 Å². The third-order valence-electron chi connectivity index (χ3n) is 7.24. The highest BCUT2D eigenvalue weighted by Gasteiger charge is 2.46. The normalized spacial score (nSPS) is 19.0. The number of carbonyl (C=O) groups excluding carboxylic acids is 3. The molecule has 4 aromatic rings. The molecule has 1 saturated carbocycles. The summed E-state index contributed by atoms with van der Waals surface area (Å²) in [5, 5.41) is 6.15. The van der Waals surface area contributed by atoms with Gasteiger partial charge in [-0.05, 0) is 26.3 Å². The Morgan fingerprint density at radius 1 is 1.12 bits per heavy atom. The van der Waals surface area contributed by atoms with Crippen molar-refractivity contribution in [3.63, 3.8) is 0 Å². The van der Waals surface area contributed by atoms with Crippen LogP contribution in [0.3, 0.4) is 0 Å². The number of nitrogens with one attached hydrogen (secondary N) is 2. The van der Waals surface area contributed by atoms with Gasteiger partial charge in [-0.2, -0.15) is 0 Å². The van der Waals surface area contributed by atoms with E-state index in [1.165, 1.54) is 25.4 Å². The maximum absolute atomic E-state index is 12.8. The smallest absolute Gasteiger partial charge is 0.331 e.